The quantitative estimate of drug-likeness (QED) is 0.519. The maximum absolute atomic E-state index is 5.71. The van der Waals surface area contributed by atoms with E-state index in [1.54, 1.807) is 11.8 Å². The van der Waals surface area contributed by atoms with Gasteiger partial charge in [0.1, 0.15) is 5.75 Å². The molecule has 78 valence electrons. The molecule has 0 aromatic heterocycles. The van der Waals surface area contributed by atoms with Crippen LogP contribution in [0.15, 0.2) is 29.2 Å². The molecule has 0 fully saturated rings. The Balaban J connectivity index is 2.41. The first kappa shape index (κ1) is 11.4. The summed E-state index contributed by atoms with van der Waals surface area (Å²) in [6, 6.07) is 8.21. The van der Waals surface area contributed by atoms with Crippen molar-refractivity contribution < 1.29 is 4.74 Å². The van der Waals surface area contributed by atoms with Crippen molar-refractivity contribution in [3.63, 3.8) is 0 Å². The summed E-state index contributed by atoms with van der Waals surface area (Å²) in [6.07, 6.45) is 5.72. The SMILES string of the molecule is CCCCCOc1ccccc1SC. The Kier molecular flexibility index (Phi) is 5.53. The van der Waals surface area contributed by atoms with Gasteiger partial charge in [-0.25, -0.2) is 0 Å². The van der Waals surface area contributed by atoms with Crippen molar-refractivity contribution in [1.82, 2.24) is 0 Å². The predicted octanol–water partition coefficient (Wildman–Crippen LogP) is 3.98. The molecule has 0 aliphatic heterocycles. The van der Waals surface area contributed by atoms with Crippen LogP contribution in [-0.2, 0) is 0 Å². The predicted molar refractivity (Wildman–Crippen MR) is 63.2 cm³/mol. The van der Waals surface area contributed by atoms with Gasteiger partial charge in [-0.1, -0.05) is 31.9 Å². The van der Waals surface area contributed by atoms with E-state index in [1.165, 1.54) is 17.7 Å². The molecular weight excluding hydrogens is 192 g/mol. The van der Waals surface area contributed by atoms with Gasteiger partial charge in [-0.2, -0.15) is 0 Å². The molecule has 1 rings (SSSR count). The van der Waals surface area contributed by atoms with Gasteiger partial charge >= 0.3 is 0 Å². The maximum atomic E-state index is 5.71. The molecule has 0 bridgehead atoms. The molecule has 0 heterocycles. The summed E-state index contributed by atoms with van der Waals surface area (Å²) >= 11 is 1.73. The lowest BCUT2D eigenvalue weighted by atomic mass is 10.3. The van der Waals surface area contributed by atoms with Crippen molar-refractivity contribution in [3.8, 4) is 5.75 Å². The van der Waals surface area contributed by atoms with Gasteiger partial charge in [0.25, 0.3) is 0 Å². The fourth-order valence-electron chi connectivity index (χ4n) is 1.27. The highest BCUT2D eigenvalue weighted by Gasteiger charge is 1.99. The molecule has 1 nitrogen and oxygen atoms in total. The summed E-state index contributed by atoms with van der Waals surface area (Å²) in [4.78, 5) is 1.23. The van der Waals surface area contributed by atoms with Crippen molar-refractivity contribution >= 4 is 11.8 Å². The zero-order valence-electron chi connectivity index (χ0n) is 8.95. The van der Waals surface area contributed by atoms with E-state index in [-0.39, 0.29) is 0 Å². The number of hydrogen-bond donors (Lipinski definition) is 0. The van der Waals surface area contributed by atoms with Crippen molar-refractivity contribution in [2.24, 2.45) is 0 Å². The van der Waals surface area contributed by atoms with E-state index >= 15 is 0 Å². The van der Waals surface area contributed by atoms with Crippen LogP contribution >= 0.6 is 11.8 Å². The second-order valence-electron chi connectivity index (χ2n) is 3.21. The van der Waals surface area contributed by atoms with E-state index in [1.807, 2.05) is 18.2 Å². The van der Waals surface area contributed by atoms with Crippen LogP contribution in [0, 0.1) is 0 Å². The average Bonchev–Trinajstić information content (AvgIpc) is 2.25. The first-order valence-corrected chi connectivity index (χ1v) is 6.36. The summed E-state index contributed by atoms with van der Waals surface area (Å²) in [5, 5.41) is 0. The van der Waals surface area contributed by atoms with Crippen LogP contribution in [0.1, 0.15) is 26.2 Å². The molecule has 0 aliphatic carbocycles. The van der Waals surface area contributed by atoms with Crippen LogP contribution < -0.4 is 4.74 Å². The summed E-state index contributed by atoms with van der Waals surface area (Å²) in [5.41, 5.74) is 0. The fourth-order valence-corrected chi connectivity index (χ4v) is 1.82. The highest BCUT2D eigenvalue weighted by molar-refractivity contribution is 7.98. The Morgan fingerprint density at radius 1 is 1.21 bits per heavy atom. The molecule has 2 heteroatoms. The summed E-state index contributed by atoms with van der Waals surface area (Å²) in [7, 11) is 0. The van der Waals surface area contributed by atoms with Crippen LogP contribution in [-0.4, -0.2) is 12.9 Å². The van der Waals surface area contributed by atoms with Crippen molar-refractivity contribution in [2.75, 3.05) is 12.9 Å². The van der Waals surface area contributed by atoms with Gasteiger partial charge in [-0.3, -0.25) is 0 Å². The third kappa shape index (κ3) is 3.62. The molecule has 0 atom stereocenters. The molecule has 1 aromatic carbocycles. The number of unbranched alkanes of at least 4 members (excludes halogenated alkanes) is 2. The van der Waals surface area contributed by atoms with Crippen molar-refractivity contribution in [2.45, 2.75) is 31.1 Å². The third-order valence-electron chi connectivity index (χ3n) is 2.07. The molecule has 0 unspecified atom stereocenters. The topological polar surface area (TPSA) is 9.23 Å². The lowest BCUT2D eigenvalue weighted by molar-refractivity contribution is 0.299. The molecule has 0 aliphatic rings. The molecule has 0 N–H and O–H groups in total. The number of benzene rings is 1. The first-order chi connectivity index (χ1) is 6.88. The van der Waals surface area contributed by atoms with Crippen molar-refractivity contribution in [3.05, 3.63) is 24.3 Å². The maximum Gasteiger partial charge on any atom is 0.132 e. The van der Waals surface area contributed by atoms with E-state index in [2.05, 4.69) is 19.2 Å². The largest absolute Gasteiger partial charge is 0.492 e. The number of ether oxygens (including phenoxy) is 1. The highest BCUT2D eigenvalue weighted by atomic mass is 32.2. The first-order valence-electron chi connectivity index (χ1n) is 5.14. The zero-order valence-corrected chi connectivity index (χ0v) is 9.77. The third-order valence-corrected chi connectivity index (χ3v) is 2.85. The molecule has 0 amide bonds. The van der Waals surface area contributed by atoms with Crippen molar-refractivity contribution in [1.29, 1.82) is 0 Å². The van der Waals surface area contributed by atoms with Gasteiger partial charge in [-0.15, -0.1) is 11.8 Å². The highest BCUT2D eigenvalue weighted by Crippen LogP contribution is 2.26. The Morgan fingerprint density at radius 3 is 2.71 bits per heavy atom. The number of rotatable bonds is 6. The smallest absolute Gasteiger partial charge is 0.132 e. The van der Waals surface area contributed by atoms with Crippen LogP contribution in [0.3, 0.4) is 0 Å². The van der Waals surface area contributed by atoms with E-state index in [9.17, 15) is 0 Å². The second-order valence-corrected chi connectivity index (χ2v) is 4.05. The summed E-state index contributed by atoms with van der Waals surface area (Å²) < 4.78 is 5.71. The second kappa shape index (κ2) is 6.77. The van der Waals surface area contributed by atoms with Gasteiger partial charge in [0.2, 0.25) is 0 Å². The van der Waals surface area contributed by atoms with E-state index in [0.29, 0.717) is 0 Å². The zero-order chi connectivity index (χ0) is 10.2. The van der Waals surface area contributed by atoms with Gasteiger partial charge in [0, 0.05) is 4.90 Å². The lowest BCUT2D eigenvalue weighted by Crippen LogP contribution is -1.97. The molecule has 0 saturated carbocycles. The minimum Gasteiger partial charge on any atom is -0.492 e. The normalized spacial score (nSPS) is 10.1. The van der Waals surface area contributed by atoms with Crippen LogP contribution in [0.5, 0.6) is 5.75 Å². The molecule has 0 spiro atoms. The van der Waals surface area contributed by atoms with Crippen LogP contribution in [0.25, 0.3) is 0 Å². The molecule has 0 saturated heterocycles. The van der Waals surface area contributed by atoms with E-state index in [0.717, 1.165) is 18.8 Å². The number of thioether (sulfide) groups is 1. The molecule has 0 radical (unpaired) electrons. The molecule has 1 aromatic rings. The lowest BCUT2D eigenvalue weighted by Gasteiger charge is -2.08. The molecule has 14 heavy (non-hydrogen) atoms. The fraction of sp³-hybridized carbons (Fsp3) is 0.500. The van der Waals surface area contributed by atoms with Gasteiger partial charge < -0.3 is 4.74 Å². The van der Waals surface area contributed by atoms with E-state index < -0.39 is 0 Å². The van der Waals surface area contributed by atoms with Gasteiger partial charge in [0.05, 0.1) is 6.61 Å². The van der Waals surface area contributed by atoms with E-state index in [4.69, 9.17) is 4.74 Å². The number of para-hydroxylation sites is 1. The van der Waals surface area contributed by atoms with Crippen LogP contribution in [0.4, 0.5) is 0 Å². The van der Waals surface area contributed by atoms with Gasteiger partial charge in [0.15, 0.2) is 0 Å². The van der Waals surface area contributed by atoms with Gasteiger partial charge in [-0.05, 0) is 24.8 Å². The molecular formula is C12H18OS. The summed E-state index contributed by atoms with van der Waals surface area (Å²) in [6.45, 7) is 3.04. The van der Waals surface area contributed by atoms with Crippen LogP contribution in [0.2, 0.25) is 0 Å². The minimum absolute atomic E-state index is 0.839. The Bertz CT molecular complexity index is 260. The Hall–Kier alpha value is -0.630. The average molecular weight is 210 g/mol. The minimum atomic E-state index is 0.839. The standard InChI is InChI=1S/C12H18OS/c1-3-4-7-10-13-11-8-5-6-9-12(11)14-2/h5-6,8-9H,3-4,7,10H2,1-2H3. The Morgan fingerprint density at radius 2 is 2.00 bits per heavy atom. The number of hydrogen-bond acceptors (Lipinski definition) is 2. The monoisotopic (exact) mass is 210 g/mol. The summed E-state index contributed by atoms with van der Waals surface area (Å²) in [5.74, 6) is 1.02. The Labute approximate surface area is 90.9 Å².